The molecule has 0 heterocycles. The van der Waals surface area contributed by atoms with Crippen molar-refractivity contribution in [2.75, 3.05) is 21.0 Å². The molecular weight excluding hydrogens is 344 g/mol. The molecule has 27 heavy (non-hydrogen) atoms. The van der Waals surface area contributed by atoms with Gasteiger partial charge in [0.05, 0.1) is 12.7 Å². The molecule has 0 amide bonds. The largest absolute Gasteiger partial charge is 0.496 e. The van der Waals surface area contributed by atoms with Crippen LogP contribution in [0.3, 0.4) is 0 Å². The Morgan fingerprint density at radius 3 is 2.22 bits per heavy atom. The topological polar surface area (TPSA) is 54.0 Å². The van der Waals surface area contributed by atoms with Gasteiger partial charge >= 0.3 is 0 Å². The van der Waals surface area contributed by atoms with Crippen molar-refractivity contribution in [3.63, 3.8) is 0 Å². The molecule has 4 fully saturated rings. The smallest absolute Gasteiger partial charge is 0.191 e. The number of carbonyl (C=O) groups is 1. The summed E-state index contributed by atoms with van der Waals surface area (Å²) in [6.07, 6.45) is 8.29. The summed E-state index contributed by atoms with van der Waals surface area (Å²) in [5.41, 5.74) is 1.89. The van der Waals surface area contributed by atoms with Gasteiger partial charge in [0.2, 0.25) is 0 Å². The quantitative estimate of drug-likeness (QED) is 0.501. The van der Waals surface area contributed by atoms with Crippen LogP contribution in [-0.4, -0.2) is 33.6 Å². The average molecular weight is 374 g/mol. The summed E-state index contributed by atoms with van der Waals surface area (Å²) in [4.78, 5) is 11.7. The van der Waals surface area contributed by atoms with Crippen LogP contribution in [-0.2, 0) is 14.9 Å². The first kappa shape index (κ1) is 18.8. The fraction of sp³-hybridized carbons (Fsp3) is 0.682. The fourth-order valence-corrected chi connectivity index (χ4v) is 6.08. The molecule has 5 nitrogen and oxygen atoms in total. The second-order valence-corrected chi connectivity index (χ2v) is 8.64. The van der Waals surface area contributed by atoms with Crippen molar-refractivity contribution in [2.24, 2.45) is 17.8 Å². The zero-order valence-corrected chi connectivity index (χ0v) is 16.5. The molecule has 1 aromatic carbocycles. The molecular formula is C22H30O5. The average Bonchev–Trinajstić information content (AvgIpc) is 2.66. The third-order valence-corrected chi connectivity index (χ3v) is 6.92. The molecule has 5 heteroatoms. The van der Waals surface area contributed by atoms with E-state index in [-0.39, 0.29) is 18.5 Å². The molecule has 0 saturated heterocycles. The Balaban J connectivity index is 1.68. The highest BCUT2D eigenvalue weighted by molar-refractivity contribution is 5.81. The van der Waals surface area contributed by atoms with Gasteiger partial charge in [-0.05, 0) is 74.7 Å². The number of benzene rings is 1. The predicted octanol–water partition coefficient (Wildman–Crippen LogP) is 4.32. The maximum Gasteiger partial charge on any atom is 0.191 e. The van der Waals surface area contributed by atoms with Crippen molar-refractivity contribution < 1.29 is 23.7 Å². The minimum Gasteiger partial charge on any atom is -0.496 e. The molecule has 1 aromatic rings. The maximum atomic E-state index is 11.7. The van der Waals surface area contributed by atoms with E-state index in [4.69, 9.17) is 18.9 Å². The Morgan fingerprint density at radius 2 is 1.70 bits per heavy atom. The van der Waals surface area contributed by atoms with Crippen LogP contribution in [0.25, 0.3) is 0 Å². The summed E-state index contributed by atoms with van der Waals surface area (Å²) < 4.78 is 22.1. The van der Waals surface area contributed by atoms with Crippen LogP contribution in [0.5, 0.6) is 11.5 Å². The van der Waals surface area contributed by atoms with E-state index >= 15 is 0 Å². The van der Waals surface area contributed by atoms with Crippen LogP contribution >= 0.6 is 0 Å². The third kappa shape index (κ3) is 3.47. The number of aldehydes is 1. The minimum atomic E-state index is -0.329. The molecule has 0 aromatic heterocycles. The highest BCUT2D eigenvalue weighted by Crippen LogP contribution is 2.62. The Kier molecular flexibility index (Phi) is 5.17. The number of hydrogen-bond acceptors (Lipinski definition) is 5. The lowest BCUT2D eigenvalue weighted by Crippen LogP contribution is -2.48. The van der Waals surface area contributed by atoms with Gasteiger partial charge < -0.3 is 18.9 Å². The molecule has 148 valence electrons. The van der Waals surface area contributed by atoms with Crippen LogP contribution in [0.4, 0.5) is 0 Å². The van der Waals surface area contributed by atoms with Crippen molar-refractivity contribution >= 4 is 6.29 Å². The first-order valence-corrected chi connectivity index (χ1v) is 10.0. The number of hydrogen-bond donors (Lipinski definition) is 0. The monoisotopic (exact) mass is 374 g/mol. The van der Waals surface area contributed by atoms with Crippen molar-refractivity contribution in [3.05, 3.63) is 23.3 Å². The van der Waals surface area contributed by atoms with Crippen LogP contribution < -0.4 is 9.47 Å². The first-order valence-electron chi connectivity index (χ1n) is 10.0. The Labute approximate surface area is 161 Å². The maximum absolute atomic E-state index is 11.7. The van der Waals surface area contributed by atoms with Crippen LogP contribution in [0.2, 0.25) is 0 Å². The van der Waals surface area contributed by atoms with E-state index in [1.54, 1.807) is 14.2 Å². The minimum absolute atomic E-state index is 0.109. The number of ether oxygens (including phenoxy) is 4. The van der Waals surface area contributed by atoms with Gasteiger partial charge in [-0.2, -0.15) is 0 Å². The summed E-state index contributed by atoms with van der Waals surface area (Å²) in [7, 11) is 3.19. The predicted molar refractivity (Wildman–Crippen MR) is 101 cm³/mol. The van der Waals surface area contributed by atoms with E-state index in [1.165, 1.54) is 38.5 Å². The normalized spacial score (nSPS) is 32.3. The zero-order chi connectivity index (χ0) is 19.0. The van der Waals surface area contributed by atoms with Crippen molar-refractivity contribution in [1.29, 1.82) is 0 Å². The fourth-order valence-electron chi connectivity index (χ4n) is 6.08. The van der Waals surface area contributed by atoms with Gasteiger partial charge in [0.15, 0.2) is 19.4 Å². The Hall–Kier alpha value is -1.59. The Bertz CT molecular complexity index is 663. The lowest BCUT2D eigenvalue weighted by atomic mass is 9.48. The van der Waals surface area contributed by atoms with Crippen molar-refractivity contribution in [3.8, 4) is 11.5 Å². The molecule has 5 rings (SSSR count). The summed E-state index contributed by atoms with van der Waals surface area (Å²) in [5.74, 6) is 3.78. The summed E-state index contributed by atoms with van der Waals surface area (Å²) in [6, 6.07) is 3.87. The van der Waals surface area contributed by atoms with Gasteiger partial charge in [-0.15, -0.1) is 0 Å². The summed E-state index contributed by atoms with van der Waals surface area (Å²) in [6.45, 7) is 1.94. The third-order valence-electron chi connectivity index (χ3n) is 6.92. The first-order chi connectivity index (χ1) is 13.1. The van der Waals surface area contributed by atoms with Gasteiger partial charge in [0.1, 0.15) is 11.5 Å². The van der Waals surface area contributed by atoms with E-state index in [0.717, 1.165) is 35.4 Å². The molecule has 0 spiro atoms. The van der Waals surface area contributed by atoms with E-state index < -0.39 is 0 Å². The van der Waals surface area contributed by atoms with Crippen molar-refractivity contribution in [1.82, 2.24) is 0 Å². The van der Waals surface area contributed by atoms with Gasteiger partial charge in [-0.3, -0.25) is 4.79 Å². The second-order valence-electron chi connectivity index (χ2n) is 8.64. The highest BCUT2D eigenvalue weighted by Gasteiger charge is 2.52. The molecule has 1 atom stereocenters. The zero-order valence-electron chi connectivity index (χ0n) is 16.5. The second kappa shape index (κ2) is 7.44. The molecule has 0 radical (unpaired) electrons. The van der Waals surface area contributed by atoms with E-state index in [1.807, 2.05) is 19.1 Å². The molecule has 4 aliphatic carbocycles. The lowest BCUT2D eigenvalue weighted by molar-refractivity contribution is -0.150. The molecule has 4 saturated carbocycles. The van der Waals surface area contributed by atoms with E-state index in [0.29, 0.717) is 11.3 Å². The lowest BCUT2D eigenvalue weighted by Gasteiger charge is -2.57. The summed E-state index contributed by atoms with van der Waals surface area (Å²) >= 11 is 0. The van der Waals surface area contributed by atoms with Gasteiger partial charge in [-0.25, -0.2) is 0 Å². The molecule has 0 aliphatic heterocycles. The van der Waals surface area contributed by atoms with E-state index in [9.17, 15) is 4.79 Å². The van der Waals surface area contributed by atoms with Crippen LogP contribution in [0.1, 0.15) is 61.4 Å². The van der Waals surface area contributed by atoms with Gasteiger partial charge in [0.25, 0.3) is 0 Å². The Morgan fingerprint density at radius 1 is 1.07 bits per heavy atom. The van der Waals surface area contributed by atoms with E-state index in [2.05, 4.69) is 0 Å². The molecule has 4 bridgehead atoms. The van der Waals surface area contributed by atoms with Gasteiger partial charge in [-0.1, -0.05) is 0 Å². The van der Waals surface area contributed by atoms with Crippen LogP contribution in [0, 0.1) is 17.8 Å². The number of rotatable bonds is 8. The summed E-state index contributed by atoms with van der Waals surface area (Å²) in [5, 5.41) is 0. The molecule has 4 aliphatic rings. The number of carbonyl (C=O) groups excluding carboxylic acids is 1. The van der Waals surface area contributed by atoms with Gasteiger partial charge in [0, 0.05) is 18.7 Å². The molecule has 0 N–H and O–H groups in total. The highest BCUT2D eigenvalue weighted by atomic mass is 16.7. The van der Waals surface area contributed by atoms with Crippen LogP contribution in [0.15, 0.2) is 12.1 Å². The van der Waals surface area contributed by atoms with Crippen molar-refractivity contribution in [2.45, 2.75) is 57.2 Å². The SMILES string of the molecule is COc1cc(OCOC(C)OC)c(C23CC4CC(CC(C4)C2)C3)cc1C=O. The standard InChI is InChI=1S/C22H30O5/c1-14(24-2)26-13-27-21-8-20(25-3)18(12-23)7-19(21)22-9-15-4-16(10-22)6-17(5-15)11-22/h7-8,12,14-17H,4-6,9-11,13H2,1-3H3. The molecule has 1 unspecified atom stereocenters. The number of methoxy groups -OCH3 is 2.